The third-order valence-corrected chi connectivity index (χ3v) is 3.89. The van der Waals surface area contributed by atoms with Gasteiger partial charge in [-0.2, -0.15) is 5.26 Å². The molecule has 1 amide bonds. The summed E-state index contributed by atoms with van der Waals surface area (Å²) in [6, 6.07) is 7.19. The lowest BCUT2D eigenvalue weighted by Crippen LogP contribution is -2.43. The second-order valence-electron chi connectivity index (χ2n) is 7.28. The molecule has 2 rings (SSSR count). The Labute approximate surface area is 164 Å². The molecule has 0 bridgehead atoms. The Hall–Kier alpha value is -3.18. The number of aromatic nitrogens is 2. The largest absolute Gasteiger partial charge is 0.475 e. The summed E-state index contributed by atoms with van der Waals surface area (Å²) in [5, 5.41) is 12.0. The molecule has 8 heteroatoms. The maximum absolute atomic E-state index is 11.3. The number of carbonyl (C=O) groups is 1. The molecule has 0 aliphatic rings. The second-order valence-corrected chi connectivity index (χ2v) is 7.28. The number of hydrogen-bond donors (Lipinski definition) is 2. The van der Waals surface area contributed by atoms with E-state index in [0.717, 1.165) is 12.0 Å². The molecule has 0 aromatic carbocycles. The van der Waals surface area contributed by atoms with Crippen molar-refractivity contribution in [2.45, 2.75) is 32.7 Å². The van der Waals surface area contributed by atoms with Crippen molar-refractivity contribution >= 4 is 11.9 Å². The zero-order valence-electron chi connectivity index (χ0n) is 16.5. The van der Waals surface area contributed by atoms with E-state index >= 15 is 0 Å². The van der Waals surface area contributed by atoms with Gasteiger partial charge in [-0.25, -0.2) is 14.8 Å². The minimum absolute atomic E-state index is 0.244. The van der Waals surface area contributed by atoms with E-state index in [0.29, 0.717) is 22.9 Å². The van der Waals surface area contributed by atoms with Gasteiger partial charge in [-0.1, -0.05) is 13.8 Å². The first-order valence-electron chi connectivity index (χ1n) is 8.87. The number of nitrogens with one attached hydrogen (secondary N) is 1. The summed E-state index contributed by atoms with van der Waals surface area (Å²) < 4.78 is 10.3. The van der Waals surface area contributed by atoms with Crippen LogP contribution in [0.25, 0.3) is 11.1 Å². The molecule has 148 valence electrons. The van der Waals surface area contributed by atoms with Crippen LogP contribution in [0.2, 0.25) is 0 Å². The van der Waals surface area contributed by atoms with Crippen LogP contribution in [-0.2, 0) is 4.74 Å². The quantitative estimate of drug-likeness (QED) is 0.751. The van der Waals surface area contributed by atoms with Crippen LogP contribution in [0.4, 0.5) is 10.6 Å². The molecule has 0 aliphatic carbocycles. The second kappa shape index (κ2) is 9.15. The minimum Gasteiger partial charge on any atom is -0.475 e. The standard InChI is InChI=1S/C20H25N5O3/c1-13(2)9-20(3,22)12-28-18-15(10-21)7-16(11-24-18)14-5-6-23-17(8-14)25-19(26)27-4/h5-8,11,13H,9,12,22H2,1-4H3,(H,23,25,26)/t20-/m0/s1. The van der Waals surface area contributed by atoms with Crippen LogP contribution in [0.15, 0.2) is 30.6 Å². The number of hydrogen-bond acceptors (Lipinski definition) is 7. The maximum Gasteiger partial charge on any atom is 0.412 e. The molecule has 0 fully saturated rings. The normalized spacial score (nSPS) is 12.8. The van der Waals surface area contributed by atoms with Gasteiger partial charge in [0.05, 0.1) is 7.11 Å². The molecule has 2 heterocycles. The van der Waals surface area contributed by atoms with Crippen LogP contribution in [0.5, 0.6) is 5.88 Å². The molecule has 28 heavy (non-hydrogen) atoms. The van der Waals surface area contributed by atoms with Crippen molar-refractivity contribution in [3.8, 4) is 23.1 Å². The summed E-state index contributed by atoms with van der Waals surface area (Å²) >= 11 is 0. The van der Waals surface area contributed by atoms with Crippen molar-refractivity contribution in [2.24, 2.45) is 11.7 Å². The number of nitrogens with two attached hydrogens (primary N) is 1. The molecule has 0 saturated carbocycles. The summed E-state index contributed by atoms with van der Waals surface area (Å²) in [6.45, 7) is 6.36. The average Bonchev–Trinajstić information content (AvgIpc) is 2.65. The van der Waals surface area contributed by atoms with Crippen molar-refractivity contribution in [1.29, 1.82) is 5.26 Å². The fourth-order valence-electron chi connectivity index (χ4n) is 2.86. The van der Waals surface area contributed by atoms with Gasteiger partial charge >= 0.3 is 6.09 Å². The van der Waals surface area contributed by atoms with E-state index < -0.39 is 11.6 Å². The molecule has 0 spiro atoms. The van der Waals surface area contributed by atoms with Crippen molar-refractivity contribution in [1.82, 2.24) is 9.97 Å². The Morgan fingerprint density at radius 2 is 2.11 bits per heavy atom. The zero-order valence-corrected chi connectivity index (χ0v) is 16.5. The highest BCUT2D eigenvalue weighted by Gasteiger charge is 2.22. The molecule has 2 aromatic rings. The van der Waals surface area contributed by atoms with E-state index in [1.54, 1.807) is 30.6 Å². The Balaban J connectivity index is 2.20. The molecule has 0 aliphatic heterocycles. The summed E-state index contributed by atoms with van der Waals surface area (Å²) in [5.74, 6) is 1.01. The monoisotopic (exact) mass is 383 g/mol. The Morgan fingerprint density at radius 3 is 2.75 bits per heavy atom. The Morgan fingerprint density at radius 1 is 1.36 bits per heavy atom. The van der Waals surface area contributed by atoms with Gasteiger partial charge in [0, 0.05) is 23.5 Å². The molecule has 0 radical (unpaired) electrons. The first-order chi connectivity index (χ1) is 13.2. The molecule has 8 nitrogen and oxygen atoms in total. The Bertz CT molecular complexity index is 874. The van der Waals surface area contributed by atoms with Crippen LogP contribution in [0.3, 0.4) is 0 Å². The SMILES string of the molecule is COC(=O)Nc1cc(-c2cnc(OC[C@@](C)(N)CC(C)C)c(C#N)c2)ccn1. The molecular formula is C20H25N5O3. The van der Waals surface area contributed by atoms with Gasteiger partial charge in [-0.3, -0.25) is 5.32 Å². The minimum atomic E-state index is -0.615. The highest BCUT2D eigenvalue weighted by molar-refractivity contribution is 5.84. The maximum atomic E-state index is 11.3. The van der Waals surface area contributed by atoms with Gasteiger partial charge in [0.15, 0.2) is 0 Å². The first-order valence-corrected chi connectivity index (χ1v) is 8.87. The topological polar surface area (TPSA) is 123 Å². The fraction of sp³-hybridized carbons (Fsp3) is 0.400. The van der Waals surface area contributed by atoms with E-state index in [1.807, 2.05) is 6.92 Å². The summed E-state index contributed by atoms with van der Waals surface area (Å²) in [6.07, 6.45) is 3.32. The third kappa shape index (κ3) is 5.93. The van der Waals surface area contributed by atoms with E-state index in [2.05, 4.69) is 39.9 Å². The lowest BCUT2D eigenvalue weighted by molar-refractivity contribution is 0.187. The highest BCUT2D eigenvalue weighted by Crippen LogP contribution is 2.26. The smallest absolute Gasteiger partial charge is 0.412 e. The average molecular weight is 383 g/mol. The van der Waals surface area contributed by atoms with E-state index in [1.165, 1.54) is 7.11 Å². The van der Waals surface area contributed by atoms with Crippen molar-refractivity contribution in [2.75, 3.05) is 19.0 Å². The van der Waals surface area contributed by atoms with Gasteiger partial charge < -0.3 is 15.2 Å². The van der Waals surface area contributed by atoms with Gasteiger partial charge in [-0.15, -0.1) is 0 Å². The van der Waals surface area contributed by atoms with Crippen molar-refractivity contribution in [3.63, 3.8) is 0 Å². The lowest BCUT2D eigenvalue weighted by atomic mass is 9.93. The number of pyridine rings is 2. The molecule has 3 N–H and O–H groups in total. The van der Waals surface area contributed by atoms with Crippen molar-refractivity contribution in [3.05, 3.63) is 36.2 Å². The summed E-state index contributed by atoms with van der Waals surface area (Å²) in [4.78, 5) is 19.7. The van der Waals surface area contributed by atoms with Crippen LogP contribution in [0.1, 0.15) is 32.8 Å². The van der Waals surface area contributed by atoms with Crippen LogP contribution in [0, 0.1) is 17.2 Å². The number of carbonyl (C=O) groups excluding carboxylic acids is 1. The number of methoxy groups -OCH3 is 1. The predicted octanol–water partition coefficient (Wildman–Crippen LogP) is 3.34. The van der Waals surface area contributed by atoms with Crippen LogP contribution >= 0.6 is 0 Å². The molecular weight excluding hydrogens is 358 g/mol. The van der Waals surface area contributed by atoms with Gasteiger partial charge in [0.1, 0.15) is 24.1 Å². The number of amides is 1. The van der Waals surface area contributed by atoms with E-state index in [4.69, 9.17) is 10.5 Å². The fourth-order valence-corrected chi connectivity index (χ4v) is 2.86. The first kappa shape index (κ1) is 21.1. The zero-order chi connectivity index (χ0) is 20.7. The summed E-state index contributed by atoms with van der Waals surface area (Å²) in [5.41, 5.74) is 7.48. The summed E-state index contributed by atoms with van der Waals surface area (Å²) in [7, 11) is 1.27. The van der Waals surface area contributed by atoms with Crippen LogP contribution in [-0.4, -0.2) is 35.3 Å². The molecule has 1 atom stereocenters. The van der Waals surface area contributed by atoms with Gasteiger partial charge in [0.2, 0.25) is 5.88 Å². The number of nitriles is 1. The predicted molar refractivity (Wildman–Crippen MR) is 106 cm³/mol. The number of nitrogens with zero attached hydrogens (tertiary/aromatic N) is 3. The van der Waals surface area contributed by atoms with Crippen molar-refractivity contribution < 1.29 is 14.3 Å². The van der Waals surface area contributed by atoms with Gasteiger partial charge in [-0.05, 0) is 43.0 Å². The molecule has 0 unspecified atom stereocenters. The Kier molecular flexibility index (Phi) is 6.90. The number of ether oxygens (including phenoxy) is 2. The van der Waals surface area contributed by atoms with Crippen LogP contribution < -0.4 is 15.8 Å². The van der Waals surface area contributed by atoms with Gasteiger partial charge in [0.25, 0.3) is 0 Å². The van der Waals surface area contributed by atoms with E-state index in [9.17, 15) is 10.1 Å². The highest BCUT2D eigenvalue weighted by atomic mass is 16.5. The lowest BCUT2D eigenvalue weighted by Gasteiger charge is -2.26. The molecule has 0 saturated heterocycles. The van der Waals surface area contributed by atoms with E-state index in [-0.39, 0.29) is 12.5 Å². The number of rotatable bonds is 7. The number of anilines is 1. The third-order valence-electron chi connectivity index (χ3n) is 3.89. The molecule has 2 aromatic heterocycles.